The second kappa shape index (κ2) is 5.93. The number of nitriles is 1. The predicted molar refractivity (Wildman–Crippen MR) is 75.5 cm³/mol. The van der Waals surface area contributed by atoms with Gasteiger partial charge in [0.25, 0.3) is 0 Å². The van der Waals surface area contributed by atoms with Crippen LogP contribution in [0.3, 0.4) is 0 Å². The van der Waals surface area contributed by atoms with Gasteiger partial charge in [-0.1, -0.05) is 0 Å². The van der Waals surface area contributed by atoms with Crippen LogP contribution in [0, 0.1) is 18.3 Å². The fraction of sp³-hybridized carbons (Fsp3) is 0.333. The van der Waals surface area contributed by atoms with Gasteiger partial charge in [-0.2, -0.15) is 18.4 Å². The van der Waals surface area contributed by atoms with Gasteiger partial charge in [0, 0.05) is 0 Å². The van der Waals surface area contributed by atoms with Crippen molar-refractivity contribution in [2.24, 2.45) is 0 Å². The number of nitrogens with one attached hydrogen (secondary N) is 1. The van der Waals surface area contributed by atoms with Crippen LogP contribution in [0.25, 0.3) is 0 Å². The Kier molecular flexibility index (Phi) is 4.34. The lowest BCUT2D eigenvalue weighted by Crippen LogP contribution is -2.31. The number of aliphatic hydroxyl groups is 1. The third-order valence-electron chi connectivity index (χ3n) is 3.18. The zero-order chi connectivity index (χ0) is 17.3. The fourth-order valence-corrected chi connectivity index (χ4v) is 1.91. The lowest BCUT2D eigenvalue weighted by molar-refractivity contribution is -0.141. The second-order valence-electron chi connectivity index (χ2n) is 5.24. The first kappa shape index (κ1) is 16.8. The molecule has 2 N–H and O–H groups in total. The molecule has 1 atom stereocenters. The Hall–Kier alpha value is -2.53. The predicted octanol–water partition coefficient (Wildman–Crippen LogP) is 3.19. The quantitative estimate of drug-likeness (QED) is 0.902. The number of rotatable bonds is 4. The number of aryl methyl sites for hydroxylation is 1. The summed E-state index contributed by atoms with van der Waals surface area (Å²) >= 11 is 0. The number of furan rings is 1. The second-order valence-corrected chi connectivity index (χ2v) is 5.24. The van der Waals surface area contributed by atoms with Crippen molar-refractivity contribution in [2.75, 3.05) is 11.9 Å². The molecule has 0 aliphatic rings. The van der Waals surface area contributed by atoms with Crippen LogP contribution in [0.2, 0.25) is 0 Å². The van der Waals surface area contributed by atoms with Crippen molar-refractivity contribution in [2.45, 2.75) is 25.6 Å². The van der Waals surface area contributed by atoms with E-state index in [0.717, 1.165) is 12.1 Å². The lowest BCUT2D eigenvalue weighted by Gasteiger charge is -2.22. The van der Waals surface area contributed by atoms with Crippen molar-refractivity contribution in [1.82, 2.24) is 4.98 Å². The summed E-state index contributed by atoms with van der Waals surface area (Å²) in [5, 5.41) is 21.9. The highest BCUT2D eigenvalue weighted by Gasteiger charge is 2.33. The molecule has 0 aliphatic carbocycles. The molecule has 0 bridgehead atoms. The largest absolute Gasteiger partial charge is 0.463 e. The zero-order valence-electron chi connectivity index (χ0n) is 12.4. The molecule has 23 heavy (non-hydrogen) atoms. The van der Waals surface area contributed by atoms with Gasteiger partial charge in [0.1, 0.15) is 34.7 Å². The Bertz CT molecular complexity index is 745. The molecular weight excluding hydrogens is 311 g/mol. The van der Waals surface area contributed by atoms with E-state index in [4.69, 9.17) is 9.68 Å². The van der Waals surface area contributed by atoms with Crippen molar-refractivity contribution in [3.05, 3.63) is 47.0 Å². The molecule has 0 fully saturated rings. The molecule has 1 unspecified atom stereocenters. The van der Waals surface area contributed by atoms with Crippen LogP contribution in [-0.4, -0.2) is 16.6 Å². The summed E-state index contributed by atoms with van der Waals surface area (Å²) < 4.78 is 43.4. The van der Waals surface area contributed by atoms with E-state index in [1.165, 1.54) is 6.92 Å². The minimum absolute atomic E-state index is 0.0515. The average Bonchev–Trinajstić information content (AvgIpc) is 2.91. The summed E-state index contributed by atoms with van der Waals surface area (Å²) in [4.78, 5) is 3.42. The molecule has 5 nitrogen and oxygen atoms in total. The lowest BCUT2D eigenvalue weighted by atomic mass is 10.0. The minimum Gasteiger partial charge on any atom is -0.463 e. The molecule has 0 aromatic carbocycles. The first-order chi connectivity index (χ1) is 10.6. The van der Waals surface area contributed by atoms with E-state index in [1.54, 1.807) is 25.1 Å². The highest BCUT2D eigenvalue weighted by atomic mass is 19.4. The number of alkyl halides is 3. The van der Waals surface area contributed by atoms with Gasteiger partial charge in [-0.25, -0.2) is 4.98 Å². The van der Waals surface area contributed by atoms with Crippen LogP contribution in [0.15, 0.2) is 28.7 Å². The third-order valence-corrected chi connectivity index (χ3v) is 3.18. The fourth-order valence-electron chi connectivity index (χ4n) is 1.91. The van der Waals surface area contributed by atoms with E-state index in [0.29, 0.717) is 5.76 Å². The summed E-state index contributed by atoms with van der Waals surface area (Å²) in [6.07, 6.45) is -4.62. The first-order valence-electron chi connectivity index (χ1n) is 6.65. The van der Waals surface area contributed by atoms with Crippen LogP contribution in [0.1, 0.15) is 29.7 Å². The molecule has 122 valence electrons. The van der Waals surface area contributed by atoms with Gasteiger partial charge in [0.2, 0.25) is 0 Å². The van der Waals surface area contributed by atoms with Crippen molar-refractivity contribution >= 4 is 5.82 Å². The number of anilines is 1. The van der Waals surface area contributed by atoms with Gasteiger partial charge >= 0.3 is 6.18 Å². The molecule has 8 heteroatoms. The van der Waals surface area contributed by atoms with E-state index in [9.17, 15) is 18.3 Å². The number of pyridine rings is 1. The number of halogens is 3. The summed E-state index contributed by atoms with van der Waals surface area (Å²) in [6, 6.07) is 6.75. The first-order valence-corrected chi connectivity index (χ1v) is 6.65. The standard InChI is InChI=1S/C15H14F3N3O2/c1-9-3-6-12(23-9)14(2,22)8-20-13-10(7-19)4-5-11(21-13)15(16,17)18/h3-6,22H,8H2,1-2H3,(H,20,21). The van der Waals surface area contributed by atoms with E-state index >= 15 is 0 Å². The van der Waals surface area contributed by atoms with Gasteiger partial charge in [-0.15, -0.1) is 0 Å². The van der Waals surface area contributed by atoms with Crippen LogP contribution >= 0.6 is 0 Å². The third kappa shape index (κ3) is 3.81. The Morgan fingerprint density at radius 1 is 1.30 bits per heavy atom. The Labute approximate surface area is 130 Å². The van der Waals surface area contributed by atoms with Crippen LogP contribution in [0.4, 0.5) is 19.0 Å². The monoisotopic (exact) mass is 325 g/mol. The molecule has 0 saturated heterocycles. The maximum absolute atomic E-state index is 12.7. The molecule has 0 radical (unpaired) electrons. The van der Waals surface area contributed by atoms with Crippen molar-refractivity contribution in [1.29, 1.82) is 5.26 Å². The van der Waals surface area contributed by atoms with Gasteiger partial charge < -0.3 is 14.8 Å². The van der Waals surface area contributed by atoms with Gasteiger partial charge in [-0.05, 0) is 38.1 Å². The summed E-state index contributed by atoms with van der Waals surface area (Å²) in [5.41, 5.74) is -2.64. The summed E-state index contributed by atoms with van der Waals surface area (Å²) in [7, 11) is 0. The zero-order valence-corrected chi connectivity index (χ0v) is 12.4. The molecule has 0 amide bonds. The Balaban J connectivity index is 2.24. The smallest absolute Gasteiger partial charge is 0.433 e. The molecule has 0 aliphatic heterocycles. The van der Waals surface area contributed by atoms with E-state index in [2.05, 4.69) is 10.3 Å². The van der Waals surface area contributed by atoms with E-state index in [-0.39, 0.29) is 23.7 Å². The van der Waals surface area contributed by atoms with Crippen LogP contribution < -0.4 is 5.32 Å². The molecule has 2 heterocycles. The van der Waals surface area contributed by atoms with Crippen LogP contribution in [-0.2, 0) is 11.8 Å². The maximum Gasteiger partial charge on any atom is 0.433 e. The van der Waals surface area contributed by atoms with Gasteiger partial charge in [0.15, 0.2) is 0 Å². The number of hydrogen-bond acceptors (Lipinski definition) is 5. The average molecular weight is 325 g/mol. The topological polar surface area (TPSA) is 82.1 Å². The van der Waals surface area contributed by atoms with Gasteiger partial charge in [-0.3, -0.25) is 0 Å². The number of hydrogen-bond donors (Lipinski definition) is 2. The maximum atomic E-state index is 12.7. The van der Waals surface area contributed by atoms with Crippen molar-refractivity contribution < 1.29 is 22.7 Å². The molecule has 2 aromatic heterocycles. The Morgan fingerprint density at radius 3 is 2.52 bits per heavy atom. The van der Waals surface area contributed by atoms with Crippen molar-refractivity contribution in [3.8, 4) is 6.07 Å². The molecular formula is C15H14F3N3O2. The number of nitrogens with zero attached hydrogens (tertiary/aromatic N) is 2. The minimum atomic E-state index is -4.62. The van der Waals surface area contributed by atoms with Crippen LogP contribution in [0.5, 0.6) is 0 Å². The molecule has 2 rings (SSSR count). The number of aromatic nitrogens is 1. The van der Waals surface area contributed by atoms with Crippen molar-refractivity contribution in [3.63, 3.8) is 0 Å². The summed E-state index contributed by atoms with van der Waals surface area (Å²) in [6.45, 7) is 2.97. The SMILES string of the molecule is Cc1ccc(C(C)(O)CNc2nc(C(F)(F)F)ccc2C#N)o1. The molecule has 0 spiro atoms. The molecule has 0 saturated carbocycles. The normalized spacial score (nSPS) is 14.1. The summed E-state index contributed by atoms with van der Waals surface area (Å²) in [5.74, 6) is 0.606. The highest BCUT2D eigenvalue weighted by molar-refractivity contribution is 5.52. The highest BCUT2D eigenvalue weighted by Crippen LogP contribution is 2.30. The van der Waals surface area contributed by atoms with E-state index < -0.39 is 17.5 Å². The Morgan fingerprint density at radius 2 is 2.00 bits per heavy atom. The van der Waals surface area contributed by atoms with Gasteiger partial charge in [0.05, 0.1) is 12.1 Å². The van der Waals surface area contributed by atoms with E-state index in [1.807, 2.05) is 0 Å². The molecule has 2 aromatic rings.